The average molecular weight is 394 g/mol. The monoisotopic (exact) mass is 393 g/mol. The van der Waals surface area contributed by atoms with E-state index in [0.717, 1.165) is 25.7 Å². The number of hydrogen-bond acceptors (Lipinski definition) is 4. The zero-order valence-corrected chi connectivity index (χ0v) is 16.0. The van der Waals surface area contributed by atoms with Gasteiger partial charge in [-0.25, -0.2) is 9.65 Å². The van der Waals surface area contributed by atoms with Crippen molar-refractivity contribution in [3.05, 3.63) is 29.3 Å². The minimum atomic E-state index is -3.76. The third-order valence-corrected chi connectivity index (χ3v) is 5.82. The van der Waals surface area contributed by atoms with Crippen LogP contribution < -0.4 is 9.61 Å². The van der Waals surface area contributed by atoms with Crippen molar-refractivity contribution in [2.75, 3.05) is 6.61 Å². The summed E-state index contributed by atoms with van der Waals surface area (Å²) in [7, 11) is 0. The van der Waals surface area contributed by atoms with Gasteiger partial charge in [0.15, 0.2) is 0 Å². The van der Waals surface area contributed by atoms with E-state index in [1.54, 1.807) is 24.3 Å². The van der Waals surface area contributed by atoms with E-state index < -0.39 is 18.4 Å². The highest BCUT2D eigenvalue weighted by Crippen LogP contribution is 2.52. The Balaban J connectivity index is 2.06. The summed E-state index contributed by atoms with van der Waals surface area (Å²) in [6.07, 6.45) is 4.46. The molecule has 0 aliphatic heterocycles. The number of esters is 1. The summed E-state index contributed by atoms with van der Waals surface area (Å²) in [5.74, 6) is -0.0910. The lowest BCUT2D eigenvalue weighted by Gasteiger charge is -2.29. The lowest BCUT2D eigenvalue weighted by Crippen LogP contribution is -2.49. The van der Waals surface area contributed by atoms with Gasteiger partial charge in [0, 0.05) is 16.3 Å². The van der Waals surface area contributed by atoms with Crippen LogP contribution in [0.25, 0.3) is 0 Å². The fourth-order valence-corrected chi connectivity index (χ4v) is 4.81. The number of benzene rings is 1. The Morgan fingerprint density at radius 2 is 1.92 bits per heavy atom. The Hall–Kier alpha value is -0.740. The standard InChI is InChI=1S/C16H22Cl2NO4P/c1-2-3-12-22-15(20)16(10-4-5-11-16)19-24(18,21)23-14-8-6-13(17)7-9-14/h6-9H,2-5,10-12H2,1H3,(H,19,21). The minimum absolute atomic E-state index is 0.317. The second-order valence-corrected chi connectivity index (χ2v) is 9.05. The Morgan fingerprint density at radius 3 is 2.50 bits per heavy atom. The summed E-state index contributed by atoms with van der Waals surface area (Å²) < 4.78 is 23.3. The molecule has 0 amide bonds. The molecule has 1 aromatic rings. The van der Waals surface area contributed by atoms with Gasteiger partial charge in [0.2, 0.25) is 0 Å². The first-order valence-electron chi connectivity index (χ1n) is 8.08. The van der Waals surface area contributed by atoms with E-state index in [-0.39, 0.29) is 0 Å². The van der Waals surface area contributed by atoms with E-state index in [1.807, 2.05) is 6.92 Å². The van der Waals surface area contributed by atoms with Gasteiger partial charge in [-0.3, -0.25) is 4.79 Å². The van der Waals surface area contributed by atoms with Crippen molar-refractivity contribution in [3.63, 3.8) is 0 Å². The number of unbranched alkanes of at least 4 members (excludes halogenated alkanes) is 1. The van der Waals surface area contributed by atoms with Crippen LogP contribution in [0.3, 0.4) is 0 Å². The van der Waals surface area contributed by atoms with Crippen molar-refractivity contribution < 1.29 is 18.6 Å². The molecule has 8 heteroatoms. The third kappa shape index (κ3) is 5.38. The molecule has 0 saturated heterocycles. The lowest BCUT2D eigenvalue weighted by molar-refractivity contribution is -0.150. The van der Waals surface area contributed by atoms with Gasteiger partial charge in [-0.2, -0.15) is 0 Å². The predicted molar refractivity (Wildman–Crippen MR) is 95.7 cm³/mol. The average Bonchev–Trinajstić information content (AvgIpc) is 2.98. The van der Waals surface area contributed by atoms with E-state index >= 15 is 0 Å². The van der Waals surface area contributed by atoms with Crippen LogP contribution in [0.1, 0.15) is 45.4 Å². The van der Waals surface area contributed by atoms with Gasteiger partial charge < -0.3 is 9.26 Å². The molecular formula is C16H22Cl2NO4P. The summed E-state index contributed by atoms with van der Waals surface area (Å²) in [6.45, 7) is -1.39. The van der Waals surface area contributed by atoms with Crippen LogP contribution in [0.2, 0.25) is 5.02 Å². The summed E-state index contributed by atoms with van der Waals surface area (Å²) in [6, 6.07) is 6.36. The first-order valence-corrected chi connectivity index (χ1v) is 11.0. The maximum Gasteiger partial charge on any atom is 0.410 e. The molecule has 2 rings (SSSR count). The predicted octanol–water partition coefficient (Wildman–Crippen LogP) is 5.31. The van der Waals surface area contributed by atoms with Crippen molar-refractivity contribution in [2.45, 2.75) is 51.0 Å². The molecule has 1 saturated carbocycles. The Kier molecular flexibility index (Phi) is 6.99. The molecule has 134 valence electrons. The molecule has 24 heavy (non-hydrogen) atoms. The molecule has 1 aromatic carbocycles. The van der Waals surface area contributed by atoms with Gasteiger partial charge in [-0.15, -0.1) is 0 Å². The molecular weight excluding hydrogens is 372 g/mol. The van der Waals surface area contributed by atoms with Gasteiger partial charge in [0.1, 0.15) is 11.3 Å². The Morgan fingerprint density at radius 1 is 1.29 bits per heavy atom. The second kappa shape index (κ2) is 8.57. The van der Waals surface area contributed by atoms with Crippen LogP contribution >= 0.6 is 29.7 Å². The minimum Gasteiger partial charge on any atom is -0.464 e. The number of rotatable bonds is 8. The molecule has 0 heterocycles. The second-order valence-electron chi connectivity index (χ2n) is 5.92. The number of ether oxygens (including phenoxy) is 1. The number of hydrogen-bond donors (Lipinski definition) is 1. The highest BCUT2D eigenvalue weighted by Gasteiger charge is 2.47. The molecule has 5 nitrogen and oxygen atoms in total. The summed E-state index contributed by atoms with van der Waals surface area (Å²) >= 11 is 11.9. The highest BCUT2D eigenvalue weighted by molar-refractivity contribution is 7.84. The summed E-state index contributed by atoms with van der Waals surface area (Å²) in [4.78, 5) is 12.5. The van der Waals surface area contributed by atoms with E-state index in [0.29, 0.717) is 30.2 Å². The largest absolute Gasteiger partial charge is 0.464 e. The Labute approximate surface area is 152 Å². The number of carbonyl (C=O) groups is 1. The van der Waals surface area contributed by atoms with Crippen LogP contribution in [-0.2, 0) is 14.1 Å². The van der Waals surface area contributed by atoms with Crippen molar-refractivity contribution in [2.24, 2.45) is 0 Å². The maximum atomic E-state index is 12.7. The normalized spacial score (nSPS) is 18.8. The zero-order chi connectivity index (χ0) is 17.6. The van der Waals surface area contributed by atoms with Crippen LogP contribution in [0.15, 0.2) is 24.3 Å². The smallest absolute Gasteiger partial charge is 0.410 e. The fraction of sp³-hybridized carbons (Fsp3) is 0.562. The van der Waals surface area contributed by atoms with Crippen LogP contribution in [-0.4, -0.2) is 18.1 Å². The Bertz CT molecular complexity index is 603. The molecule has 1 aliphatic carbocycles. The van der Waals surface area contributed by atoms with Crippen LogP contribution in [0.4, 0.5) is 0 Å². The lowest BCUT2D eigenvalue weighted by atomic mass is 10.00. The van der Waals surface area contributed by atoms with E-state index in [1.165, 1.54) is 0 Å². The molecule has 1 fully saturated rings. The van der Waals surface area contributed by atoms with Gasteiger partial charge in [-0.1, -0.05) is 37.8 Å². The molecule has 1 atom stereocenters. The van der Waals surface area contributed by atoms with E-state index in [2.05, 4.69) is 5.09 Å². The van der Waals surface area contributed by atoms with Crippen molar-refractivity contribution in [1.29, 1.82) is 0 Å². The molecule has 1 N–H and O–H groups in total. The first-order chi connectivity index (χ1) is 11.4. The van der Waals surface area contributed by atoms with Crippen LogP contribution in [0, 0.1) is 0 Å². The van der Waals surface area contributed by atoms with E-state index in [4.69, 9.17) is 32.1 Å². The van der Waals surface area contributed by atoms with Crippen molar-refractivity contribution >= 4 is 35.7 Å². The SMILES string of the molecule is CCCCOC(=O)C1(NP(=O)(Cl)Oc2ccc(Cl)cc2)CCCC1. The summed E-state index contributed by atoms with van der Waals surface area (Å²) in [5.41, 5.74) is -1.04. The van der Waals surface area contributed by atoms with Crippen molar-refractivity contribution in [1.82, 2.24) is 5.09 Å². The van der Waals surface area contributed by atoms with E-state index in [9.17, 15) is 9.36 Å². The maximum absolute atomic E-state index is 12.7. The quantitative estimate of drug-likeness (QED) is 0.368. The van der Waals surface area contributed by atoms with Gasteiger partial charge in [0.25, 0.3) is 0 Å². The molecule has 0 aromatic heterocycles. The van der Waals surface area contributed by atoms with Gasteiger partial charge in [0.05, 0.1) is 6.61 Å². The molecule has 0 bridgehead atoms. The van der Waals surface area contributed by atoms with Crippen LogP contribution in [0.5, 0.6) is 5.75 Å². The molecule has 1 aliphatic rings. The molecule has 1 unspecified atom stereocenters. The molecule has 0 radical (unpaired) electrons. The fourth-order valence-electron chi connectivity index (χ4n) is 2.70. The zero-order valence-electron chi connectivity index (χ0n) is 13.6. The highest BCUT2D eigenvalue weighted by atomic mass is 35.7. The van der Waals surface area contributed by atoms with Gasteiger partial charge >= 0.3 is 12.8 Å². The molecule has 0 spiro atoms. The van der Waals surface area contributed by atoms with Crippen molar-refractivity contribution in [3.8, 4) is 5.75 Å². The third-order valence-electron chi connectivity index (χ3n) is 3.96. The topological polar surface area (TPSA) is 64.6 Å². The number of nitrogens with one attached hydrogen (secondary N) is 1. The van der Waals surface area contributed by atoms with Gasteiger partial charge in [-0.05, 0) is 43.5 Å². The number of carbonyl (C=O) groups excluding carboxylic acids is 1. The number of halogens is 2. The summed E-state index contributed by atoms with van der Waals surface area (Å²) in [5, 5.41) is 3.28. The first kappa shape index (κ1) is 19.6.